The number of rotatable bonds is 9. The van der Waals surface area contributed by atoms with Gasteiger partial charge in [-0.25, -0.2) is 17.5 Å². The van der Waals surface area contributed by atoms with Gasteiger partial charge in [-0.05, 0) is 42.5 Å². The second-order valence-corrected chi connectivity index (χ2v) is 7.55. The maximum absolute atomic E-state index is 13.7. The molecule has 0 aliphatic carbocycles. The first-order chi connectivity index (χ1) is 14.0. The summed E-state index contributed by atoms with van der Waals surface area (Å²) in [5, 5.41) is 14.1. The molecular formula is C18H19FN6O3S. The predicted octanol–water partition coefficient (Wildman–Crippen LogP) is 2.15. The minimum atomic E-state index is -3.84. The number of sulfonamides is 1. The quantitative estimate of drug-likeness (QED) is 0.453. The number of aromatic nitrogens is 3. The van der Waals surface area contributed by atoms with Crippen molar-refractivity contribution in [3.05, 3.63) is 60.7 Å². The van der Waals surface area contributed by atoms with E-state index in [-0.39, 0.29) is 23.7 Å². The molecule has 11 heteroatoms. The van der Waals surface area contributed by atoms with Gasteiger partial charge >= 0.3 is 0 Å². The van der Waals surface area contributed by atoms with Crippen molar-refractivity contribution in [1.82, 2.24) is 19.9 Å². The topological polar surface area (TPSA) is 118 Å². The number of anilines is 3. The van der Waals surface area contributed by atoms with Crippen LogP contribution in [-0.4, -0.2) is 43.8 Å². The van der Waals surface area contributed by atoms with Crippen molar-refractivity contribution in [2.75, 3.05) is 30.8 Å². The first-order valence-corrected chi connectivity index (χ1v) is 10.0. The summed E-state index contributed by atoms with van der Waals surface area (Å²) in [6, 6.07) is 10.5. The molecule has 29 heavy (non-hydrogen) atoms. The Morgan fingerprint density at radius 1 is 1.00 bits per heavy atom. The number of halogens is 1. The molecular weight excluding hydrogens is 399 g/mol. The van der Waals surface area contributed by atoms with Crippen LogP contribution in [0.2, 0.25) is 0 Å². The predicted molar refractivity (Wildman–Crippen MR) is 106 cm³/mol. The fraction of sp³-hybridized carbons (Fsp3) is 0.167. The van der Waals surface area contributed by atoms with Gasteiger partial charge in [-0.15, -0.1) is 10.2 Å². The number of ether oxygens (including phenoxy) is 1. The second kappa shape index (κ2) is 9.26. The monoisotopic (exact) mass is 418 g/mol. The van der Waals surface area contributed by atoms with Crippen LogP contribution in [0.15, 0.2) is 59.8 Å². The second-order valence-electron chi connectivity index (χ2n) is 5.79. The van der Waals surface area contributed by atoms with Crippen molar-refractivity contribution in [2.24, 2.45) is 0 Å². The molecule has 0 atom stereocenters. The minimum Gasteiger partial charge on any atom is -0.494 e. The molecule has 0 spiro atoms. The van der Waals surface area contributed by atoms with Crippen molar-refractivity contribution in [3.8, 4) is 5.75 Å². The first-order valence-electron chi connectivity index (χ1n) is 8.56. The number of hydrogen-bond donors (Lipinski definition) is 3. The van der Waals surface area contributed by atoms with Crippen molar-refractivity contribution in [1.29, 1.82) is 0 Å². The Morgan fingerprint density at radius 3 is 2.38 bits per heavy atom. The van der Waals surface area contributed by atoms with Crippen molar-refractivity contribution >= 4 is 27.3 Å². The highest BCUT2D eigenvalue weighted by molar-refractivity contribution is 7.89. The van der Waals surface area contributed by atoms with Gasteiger partial charge < -0.3 is 15.4 Å². The number of pyridine rings is 1. The van der Waals surface area contributed by atoms with Gasteiger partial charge in [0.2, 0.25) is 10.0 Å². The van der Waals surface area contributed by atoms with Gasteiger partial charge in [-0.1, -0.05) is 0 Å². The van der Waals surface area contributed by atoms with Gasteiger partial charge in [0.1, 0.15) is 5.82 Å². The van der Waals surface area contributed by atoms with Gasteiger partial charge in [0.25, 0.3) is 0 Å². The lowest BCUT2D eigenvalue weighted by molar-refractivity contribution is 0.385. The van der Waals surface area contributed by atoms with Crippen LogP contribution in [0.3, 0.4) is 0 Å². The lowest BCUT2D eigenvalue weighted by Gasteiger charge is -2.10. The highest BCUT2D eigenvalue weighted by Crippen LogP contribution is 2.20. The largest absolute Gasteiger partial charge is 0.494 e. The molecule has 1 aromatic carbocycles. The molecule has 9 nitrogen and oxygen atoms in total. The molecule has 2 aromatic heterocycles. The zero-order valence-electron chi connectivity index (χ0n) is 15.5. The van der Waals surface area contributed by atoms with E-state index in [1.165, 1.54) is 19.2 Å². The Labute approximate surface area is 167 Å². The maximum Gasteiger partial charge on any atom is 0.240 e. The Hall–Kier alpha value is -3.31. The third kappa shape index (κ3) is 5.59. The molecule has 0 unspecified atom stereocenters. The fourth-order valence-corrected chi connectivity index (χ4v) is 3.39. The maximum atomic E-state index is 13.7. The Kier molecular flexibility index (Phi) is 6.52. The van der Waals surface area contributed by atoms with E-state index >= 15 is 0 Å². The van der Waals surface area contributed by atoms with Crippen LogP contribution in [0.25, 0.3) is 0 Å². The molecule has 152 valence electrons. The number of nitrogens with one attached hydrogen (secondary N) is 3. The normalized spacial score (nSPS) is 11.1. The van der Waals surface area contributed by atoms with Gasteiger partial charge in [0, 0.05) is 31.2 Å². The van der Waals surface area contributed by atoms with Crippen molar-refractivity contribution in [2.45, 2.75) is 4.90 Å². The van der Waals surface area contributed by atoms with Crippen LogP contribution in [0, 0.1) is 5.82 Å². The van der Waals surface area contributed by atoms with Crippen LogP contribution >= 0.6 is 0 Å². The Bertz CT molecular complexity index is 1050. The van der Waals surface area contributed by atoms with Crippen LogP contribution < -0.4 is 20.1 Å². The molecule has 0 saturated carbocycles. The van der Waals surface area contributed by atoms with E-state index < -0.39 is 15.8 Å². The van der Waals surface area contributed by atoms with Gasteiger partial charge in [0.05, 0.1) is 12.0 Å². The summed E-state index contributed by atoms with van der Waals surface area (Å²) in [7, 11) is -2.53. The standard InChI is InChI=1S/C18H19FN6O3S/c1-28-16-3-2-14(12-15(16)19)29(26,27)22-11-10-21-17-4-5-18(25-24-17)23-13-6-8-20-9-7-13/h2-9,12,22H,10-11H2,1H3,(H,21,24)(H,20,23,25). The molecule has 0 aliphatic heterocycles. The van der Waals surface area contributed by atoms with Crippen LogP contribution in [0.4, 0.5) is 21.7 Å². The van der Waals surface area contributed by atoms with Crippen molar-refractivity contribution in [3.63, 3.8) is 0 Å². The lowest BCUT2D eigenvalue weighted by atomic mass is 10.3. The molecule has 0 amide bonds. The number of methoxy groups -OCH3 is 1. The molecule has 0 fully saturated rings. The van der Waals surface area contributed by atoms with E-state index in [2.05, 4.69) is 30.5 Å². The molecule has 2 heterocycles. The summed E-state index contributed by atoms with van der Waals surface area (Å²) in [6.45, 7) is 0.346. The molecule has 0 radical (unpaired) electrons. The summed E-state index contributed by atoms with van der Waals surface area (Å²) in [5.74, 6) is 0.277. The SMILES string of the molecule is COc1ccc(S(=O)(=O)NCCNc2ccc(Nc3ccncc3)nn2)cc1F. The van der Waals surface area contributed by atoms with Crippen LogP contribution in [-0.2, 0) is 10.0 Å². The summed E-state index contributed by atoms with van der Waals surface area (Å²) in [5.41, 5.74) is 0.833. The molecule has 0 saturated heterocycles. The highest BCUT2D eigenvalue weighted by atomic mass is 32.2. The molecule has 3 rings (SSSR count). The average Bonchev–Trinajstić information content (AvgIpc) is 2.73. The number of benzene rings is 1. The number of nitrogens with zero attached hydrogens (tertiary/aromatic N) is 3. The van der Waals surface area contributed by atoms with Gasteiger partial charge in [0.15, 0.2) is 17.4 Å². The molecule has 0 bridgehead atoms. The summed E-state index contributed by atoms with van der Waals surface area (Å²) < 4.78 is 45.3. The third-order valence-corrected chi connectivity index (χ3v) is 5.23. The zero-order valence-corrected chi connectivity index (χ0v) is 16.3. The number of hydrogen-bond acceptors (Lipinski definition) is 8. The zero-order chi connectivity index (χ0) is 20.7. The summed E-state index contributed by atoms with van der Waals surface area (Å²) in [6.07, 6.45) is 3.32. The fourth-order valence-electron chi connectivity index (χ4n) is 2.35. The van der Waals surface area contributed by atoms with E-state index in [4.69, 9.17) is 4.74 Å². The average molecular weight is 418 g/mol. The summed E-state index contributed by atoms with van der Waals surface area (Å²) in [4.78, 5) is 3.75. The van der Waals surface area contributed by atoms with Crippen LogP contribution in [0.5, 0.6) is 5.75 Å². The Morgan fingerprint density at radius 2 is 1.72 bits per heavy atom. The molecule has 3 aromatic rings. The van der Waals surface area contributed by atoms with E-state index in [9.17, 15) is 12.8 Å². The first kappa shape index (κ1) is 20.4. The van der Waals surface area contributed by atoms with Gasteiger partial charge in [-0.3, -0.25) is 4.98 Å². The van der Waals surface area contributed by atoms with E-state index in [0.717, 1.165) is 11.8 Å². The lowest BCUT2D eigenvalue weighted by Crippen LogP contribution is -2.29. The Balaban J connectivity index is 1.49. The van der Waals surface area contributed by atoms with Crippen molar-refractivity contribution < 1.29 is 17.5 Å². The minimum absolute atomic E-state index is 0.0222. The summed E-state index contributed by atoms with van der Waals surface area (Å²) >= 11 is 0. The molecule has 3 N–H and O–H groups in total. The highest BCUT2D eigenvalue weighted by Gasteiger charge is 2.16. The third-order valence-electron chi connectivity index (χ3n) is 3.77. The van der Waals surface area contributed by atoms with E-state index in [1.54, 1.807) is 36.7 Å². The smallest absolute Gasteiger partial charge is 0.240 e. The van der Waals surface area contributed by atoms with E-state index in [1.807, 2.05) is 0 Å². The van der Waals surface area contributed by atoms with Gasteiger partial charge in [-0.2, -0.15) is 0 Å². The van der Waals surface area contributed by atoms with E-state index in [0.29, 0.717) is 11.6 Å². The van der Waals surface area contributed by atoms with Crippen LogP contribution in [0.1, 0.15) is 0 Å². The molecule has 0 aliphatic rings.